The zero-order valence-electron chi connectivity index (χ0n) is 11.5. The summed E-state index contributed by atoms with van der Waals surface area (Å²) in [6.45, 7) is 5.75. The molecule has 1 aromatic carbocycles. The van der Waals surface area contributed by atoms with Gasteiger partial charge in [-0.1, -0.05) is 11.6 Å². The summed E-state index contributed by atoms with van der Waals surface area (Å²) < 4.78 is 0. The first-order valence-electron chi connectivity index (χ1n) is 6.67. The minimum atomic E-state index is -0.0142. The number of aryl methyl sites for hydroxylation is 2. The van der Waals surface area contributed by atoms with Crippen LogP contribution in [0.3, 0.4) is 0 Å². The average Bonchev–Trinajstić information content (AvgIpc) is 2.36. The molecule has 2 aromatic rings. The number of hydrogen-bond acceptors (Lipinski definition) is 2. The number of aromatic nitrogens is 1. The second-order valence-electron chi connectivity index (χ2n) is 5.03. The lowest BCUT2D eigenvalue weighted by Gasteiger charge is -2.06. The summed E-state index contributed by atoms with van der Waals surface area (Å²) in [6.07, 6.45) is 0.754. The largest absolute Gasteiger partial charge is 0.396 e. The maximum absolute atomic E-state index is 12.0. The van der Waals surface area contributed by atoms with Crippen molar-refractivity contribution >= 4 is 10.9 Å². The molecule has 0 spiro atoms. The Morgan fingerprint density at radius 2 is 2.05 bits per heavy atom. The molecule has 4 nitrogen and oxygen atoms in total. The first-order valence-corrected chi connectivity index (χ1v) is 6.67. The Morgan fingerprint density at radius 3 is 2.79 bits per heavy atom. The van der Waals surface area contributed by atoms with Crippen molar-refractivity contribution in [3.05, 3.63) is 45.2 Å². The summed E-state index contributed by atoms with van der Waals surface area (Å²) in [7, 11) is 0. The SMILES string of the molecule is Cc1cc(C)c2[nH]c(=O)c(C[NH2+]CCCO)cc2c1. The Hall–Kier alpha value is -1.65. The number of nitrogens with two attached hydrogens (primary N) is 1. The Bertz CT molecular complexity index is 632. The molecule has 0 bridgehead atoms. The highest BCUT2D eigenvalue weighted by Gasteiger charge is 2.06. The van der Waals surface area contributed by atoms with Gasteiger partial charge in [-0.15, -0.1) is 0 Å². The van der Waals surface area contributed by atoms with E-state index >= 15 is 0 Å². The fourth-order valence-electron chi connectivity index (χ4n) is 2.38. The number of aliphatic hydroxyl groups excluding tert-OH is 1. The van der Waals surface area contributed by atoms with E-state index in [4.69, 9.17) is 5.11 Å². The molecule has 102 valence electrons. The number of aromatic amines is 1. The third kappa shape index (κ3) is 3.22. The highest BCUT2D eigenvalue weighted by Crippen LogP contribution is 2.17. The number of nitrogens with one attached hydrogen (secondary N) is 1. The van der Waals surface area contributed by atoms with Gasteiger partial charge in [0.2, 0.25) is 0 Å². The molecule has 0 aliphatic rings. The maximum Gasteiger partial charge on any atom is 0.257 e. The minimum absolute atomic E-state index is 0.0142. The van der Waals surface area contributed by atoms with Gasteiger partial charge in [-0.2, -0.15) is 0 Å². The Labute approximate surface area is 112 Å². The molecule has 0 aliphatic heterocycles. The van der Waals surface area contributed by atoms with Gasteiger partial charge < -0.3 is 15.4 Å². The molecule has 0 unspecified atom stereocenters. The number of benzene rings is 1. The van der Waals surface area contributed by atoms with E-state index in [1.807, 2.05) is 13.0 Å². The molecule has 19 heavy (non-hydrogen) atoms. The quantitative estimate of drug-likeness (QED) is 0.690. The topological polar surface area (TPSA) is 69.7 Å². The second kappa shape index (κ2) is 5.99. The van der Waals surface area contributed by atoms with E-state index in [0.717, 1.165) is 35.0 Å². The summed E-state index contributed by atoms with van der Waals surface area (Å²) >= 11 is 0. The average molecular weight is 261 g/mol. The summed E-state index contributed by atoms with van der Waals surface area (Å²) in [6, 6.07) is 6.14. The van der Waals surface area contributed by atoms with Crippen LogP contribution in [0, 0.1) is 13.8 Å². The molecule has 0 amide bonds. The zero-order chi connectivity index (χ0) is 13.8. The van der Waals surface area contributed by atoms with Crippen LogP contribution < -0.4 is 10.9 Å². The maximum atomic E-state index is 12.0. The van der Waals surface area contributed by atoms with Crippen LogP contribution in [0.5, 0.6) is 0 Å². The van der Waals surface area contributed by atoms with Gasteiger partial charge in [0, 0.05) is 13.0 Å². The van der Waals surface area contributed by atoms with E-state index in [0.29, 0.717) is 6.54 Å². The van der Waals surface area contributed by atoms with Crippen molar-refractivity contribution < 1.29 is 10.4 Å². The molecule has 4 heteroatoms. The molecule has 1 heterocycles. The molecule has 0 radical (unpaired) electrons. The normalized spacial score (nSPS) is 11.1. The molecular formula is C15H21N2O2+. The van der Waals surface area contributed by atoms with Crippen molar-refractivity contribution in [3.63, 3.8) is 0 Å². The smallest absolute Gasteiger partial charge is 0.257 e. The van der Waals surface area contributed by atoms with Crippen molar-refractivity contribution in [2.24, 2.45) is 0 Å². The van der Waals surface area contributed by atoms with Crippen molar-refractivity contribution in [1.29, 1.82) is 0 Å². The molecule has 0 fully saturated rings. The van der Waals surface area contributed by atoms with Crippen molar-refractivity contribution in [1.82, 2.24) is 4.98 Å². The molecular weight excluding hydrogens is 240 g/mol. The van der Waals surface area contributed by atoms with E-state index in [1.165, 1.54) is 5.56 Å². The number of quaternary nitrogens is 1. The number of hydrogen-bond donors (Lipinski definition) is 3. The fourth-order valence-corrected chi connectivity index (χ4v) is 2.38. The van der Waals surface area contributed by atoms with E-state index < -0.39 is 0 Å². The van der Waals surface area contributed by atoms with Gasteiger partial charge >= 0.3 is 0 Å². The van der Waals surface area contributed by atoms with E-state index in [-0.39, 0.29) is 12.2 Å². The van der Waals surface area contributed by atoms with Crippen LogP contribution in [0.1, 0.15) is 23.1 Å². The molecule has 4 N–H and O–H groups in total. The molecule has 0 saturated heterocycles. The molecule has 0 saturated carbocycles. The molecule has 1 aromatic heterocycles. The van der Waals surface area contributed by atoms with E-state index in [1.54, 1.807) is 0 Å². The number of H-pyrrole nitrogens is 1. The van der Waals surface area contributed by atoms with Crippen LogP contribution in [-0.4, -0.2) is 23.2 Å². The number of rotatable bonds is 5. The Balaban J connectivity index is 2.30. The van der Waals surface area contributed by atoms with Crippen LogP contribution in [0.4, 0.5) is 0 Å². The van der Waals surface area contributed by atoms with Crippen molar-refractivity contribution in [2.75, 3.05) is 13.2 Å². The summed E-state index contributed by atoms with van der Waals surface area (Å²) in [5.74, 6) is 0. The van der Waals surface area contributed by atoms with Gasteiger partial charge in [0.25, 0.3) is 5.56 Å². The van der Waals surface area contributed by atoms with Gasteiger partial charge in [-0.3, -0.25) is 4.79 Å². The number of aliphatic hydroxyl groups is 1. The summed E-state index contributed by atoms with van der Waals surface area (Å²) in [5, 5.41) is 11.9. The first kappa shape index (κ1) is 13.8. The second-order valence-corrected chi connectivity index (χ2v) is 5.03. The first-order chi connectivity index (χ1) is 9.11. The standard InChI is InChI=1S/C15H20N2O2/c1-10-6-11(2)14-12(7-10)8-13(15(19)17-14)9-16-4-3-5-18/h6-8,16,18H,3-5,9H2,1-2H3,(H,17,19)/p+1. The third-order valence-electron chi connectivity index (χ3n) is 3.30. The predicted octanol–water partition coefficient (Wildman–Crippen LogP) is 0.591. The van der Waals surface area contributed by atoms with Crippen LogP contribution in [0.2, 0.25) is 0 Å². The number of pyridine rings is 1. The van der Waals surface area contributed by atoms with E-state index in [9.17, 15) is 4.79 Å². The highest BCUT2D eigenvalue weighted by molar-refractivity contribution is 5.82. The molecule has 0 aliphatic carbocycles. The predicted molar refractivity (Wildman–Crippen MR) is 76.2 cm³/mol. The monoisotopic (exact) mass is 261 g/mol. The molecule has 0 atom stereocenters. The van der Waals surface area contributed by atoms with Gasteiger partial charge in [-0.25, -0.2) is 0 Å². The van der Waals surface area contributed by atoms with Gasteiger partial charge in [0.1, 0.15) is 6.54 Å². The zero-order valence-corrected chi connectivity index (χ0v) is 11.5. The van der Waals surface area contributed by atoms with Crippen molar-refractivity contribution in [2.45, 2.75) is 26.8 Å². The third-order valence-corrected chi connectivity index (χ3v) is 3.30. The van der Waals surface area contributed by atoms with Gasteiger partial charge in [-0.05, 0) is 36.9 Å². The lowest BCUT2D eigenvalue weighted by atomic mass is 10.1. The van der Waals surface area contributed by atoms with Crippen molar-refractivity contribution in [3.8, 4) is 0 Å². The minimum Gasteiger partial charge on any atom is -0.396 e. The van der Waals surface area contributed by atoms with Crippen LogP contribution in [0.25, 0.3) is 10.9 Å². The van der Waals surface area contributed by atoms with Crippen LogP contribution in [-0.2, 0) is 6.54 Å². The summed E-state index contributed by atoms with van der Waals surface area (Å²) in [5.41, 5.74) is 4.00. The van der Waals surface area contributed by atoms with Gasteiger partial charge in [0.05, 0.1) is 17.6 Å². The Morgan fingerprint density at radius 1 is 1.26 bits per heavy atom. The molecule has 2 rings (SSSR count). The lowest BCUT2D eigenvalue weighted by molar-refractivity contribution is -0.671. The fraction of sp³-hybridized carbons (Fsp3) is 0.400. The summed E-state index contributed by atoms with van der Waals surface area (Å²) in [4.78, 5) is 15.0. The highest BCUT2D eigenvalue weighted by atomic mass is 16.3. The lowest BCUT2D eigenvalue weighted by Crippen LogP contribution is -2.83. The number of fused-ring (bicyclic) bond motifs is 1. The van der Waals surface area contributed by atoms with Gasteiger partial charge in [0.15, 0.2) is 0 Å². The van der Waals surface area contributed by atoms with E-state index in [2.05, 4.69) is 29.4 Å². The Kier molecular flexibility index (Phi) is 4.35. The van der Waals surface area contributed by atoms with Crippen LogP contribution in [0.15, 0.2) is 23.0 Å². The van der Waals surface area contributed by atoms with Crippen LogP contribution >= 0.6 is 0 Å².